The number of para-hydroxylation sites is 1. The SMILES string of the molecule is O=C(NCCN1CCN(c2ccccc2)CC1)C1(c2ccc(F)cc2)CC1. The molecule has 1 saturated heterocycles. The zero-order valence-corrected chi connectivity index (χ0v) is 15.5. The first-order chi connectivity index (χ1) is 13.2. The highest BCUT2D eigenvalue weighted by atomic mass is 19.1. The number of benzene rings is 2. The van der Waals surface area contributed by atoms with Crippen molar-refractivity contribution in [3.8, 4) is 0 Å². The van der Waals surface area contributed by atoms with E-state index in [1.165, 1.54) is 17.8 Å². The van der Waals surface area contributed by atoms with Gasteiger partial charge in [-0.15, -0.1) is 0 Å². The molecule has 2 fully saturated rings. The molecule has 0 radical (unpaired) electrons. The molecule has 1 aliphatic heterocycles. The van der Waals surface area contributed by atoms with Gasteiger partial charge in [0.15, 0.2) is 0 Å². The summed E-state index contributed by atoms with van der Waals surface area (Å²) in [5.74, 6) is -0.179. The van der Waals surface area contributed by atoms with Gasteiger partial charge in [0.05, 0.1) is 5.41 Å². The summed E-state index contributed by atoms with van der Waals surface area (Å²) in [6.45, 7) is 5.57. The molecular formula is C22H26FN3O. The van der Waals surface area contributed by atoms with E-state index in [1.807, 2.05) is 6.07 Å². The molecule has 4 rings (SSSR count). The lowest BCUT2D eigenvalue weighted by Crippen LogP contribution is -2.49. The summed E-state index contributed by atoms with van der Waals surface area (Å²) >= 11 is 0. The van der Waals surface area contributed by atoms with E-state index in [2.05, 4.69) is 39.4 Å². The number of halogens is 1. The van der Waals surface area contributed by atoms with Gasteiger partial charge in [-0.1, -0.05) is 30.3 Å². The van der Waals surface area contributed by atoms with E-state index in [1.54, 1.807) is 12.1 Å². The Bertz CT molecular complexity index is 766. The largest absolute Gasteiger partial charge is 0.369 e. The lowest BCUT2D eigenvalue weighted by Gasteiger charge is -2.36. The highest BCUT2D eigenvalue weighted by Gasteiger charge is 2.51. The highest BCUT2D eigenvalue weighted by Crippen LogP contribution is 2.48. The lowest BCUT2D eigenvalue weighted by atomic mass is 9.95. The molecule has 1 saturated carbocycles. The fourth-order valence-electron chi connectivity index (χ4n) is 3.91. The number of rotatable bonds is 6. The van der Waals surface area contributed by atoms with Gasteiger partial charge in [0.1, 0.15) is 5.82 Å². The summed E-state index contributed by atoms with van der Waals surface area (Å²) in [4.78, 5) is 17.5. The van der Waals surface area contributed by atoms with Crippen LogP contribution in [0.25, 0.3) is 0 Å². The molecule has 0 unspecified atom stereocenters. The minimum Gasteiger partial charge on any atom is -0.369 e. The Kier molecular flexibility index (Phi) is 5.12. The van der Waals surface area contributed by atoms with E-state index in [4.69, 9.17) is 0 Å². The molecule has 0 spiro atoms. The van der Waals surface area contributed by atoms with Crippen molar-refractivity contribution >= 4 is 11.6 Å². The molecular weight excluding hydrogens is 341 g/mol. The van der Waals surface area contributed by atoms with E-state index in [9.17, 15) is 9.18 Å². The standard InChI is InChI=1S/C22H26FN3O/c23-19-8-6-18(7-9-19)22(10-11-22)21(27)24-12-13-25-14-16-26(17-15-25)20-4-2-1-3-5-20/h1-9H,10-17H2,(H,24,27). The molecule has 5 heteroatoms. The van der Waals surface area contributed by atoms with Crippen molar-refractivity contribution in [1.29, 1.82) is 0 Å². The molecule has 1 N–H and O–H groups in total. The van der Waals surface area contributed by atoms with Gasteiger partial charge in [-0.25, -0.2) is 4.39 Å². The van der Waals surface area contributed by atoms with Gasteiger partial charge in [-0.05, 0) is 42.7 Å². The van der Waals surface area contributed by atoms with E-state index in [0.29, 0.717) is 6.54 Å². The molecule has 27 heavy (non-hydrogen) atoms. The number of anilines is 1. The van der Waals surface area contributed by atoms with Gasteiger partial charge >= 0.3 is 0 Å². The van der Waals surface area contributed by atoms with Crippen LogP contribution in [-0.2, 0) is 10.2 Å². The molecule has 0 aromatic heterocycles. The van der Waals surface area contributed by atoms with E-state index >= 15 is 0 Å². The molecule has 2 aromatic carbocycles. The summed E-state index contributed by atoms with van der Waals surface area (Å²) in [5.41, 5.74) is 1.78. The second kappa shape index (κ2) is 7.69. The van der Waals surface area contributed by atoms with Crippen LogP contribution in [0, 0.1) is 5.82 Å². The van der Waals surface area contributed by atoms with Gasteiger partial charge < -0.3 is 10.2 Å². The molecule has 0 atom stereocenters. The summed E-state index contributed by atoms with van der Waals surface area (Å²) < 4.78 is 13.1. The van der Waals surface area contributed by atoms with Gasteiger partial charge in [0.25, 0.3) is 0 Å². The van der Waals surface area contributed by atoms with E-state index < -0.39 is 5.41 Å². The predicted molar refractivity (Wildman–Crippen MR) is 105 cm³/mol. The first-order valence-electron chi connectivity index (χ1n) is 9.74. The number of hydrogen-bond donors (Lipinski definition) is 1. The number of amides is 1. The second-order valence-corrected chi connectivity index (χ2v) is 7.51. The lowest BCUT2D eigenvalue weighted by molar-refractivity contribution is -0.123. The normalized spacial score (nSPS) is 18.9. The van der Waals surface area contributed by atoms with Crippen molar-refractivity contribution in [3.05, 3.63) is 66.0 Å². The number of nitrogens with zero attached hydrogens (tertiary/aromatic N) is 2. The minimum absolute atomic E-state index is 0.0806. The average Bonchev–Trinajstić information content (AvgIpc) is 3.52. The summed E-state index contributed by atoms with van der Waals surface area (Å²) in [5, 5.41) is 3.10. The van der Waals surface area contributed by atoms with Crippen LogP contribution in [0.15, 0.2) is 54.6 Å². The van der Waals surface area contributed by atoms with Crippen molar-refractivity contribution in [2.45, 2.75) is 18.3 Å². The maximum Gasteiger partial charge on any atom is 0.230 e. The van der Waals surface area contributed by atoms with Crippen molar-refractivity contribution < 1.29 is 9.18 Å². The van der Waals surface area contributed by atoms with Gasteiger partial charge in [0, 0.05) is 45.0 Å². The molecule has 142 valence electrons. The number of hydrogen-bond acceptors (Lipinski definition) is 3. The van der Waals surface area contributed by atoms with Crippen LogP contribution in [0.5, 0.6) is 0 Å². The fraction of sp³-hybridized carbons (Fsp3) is 0.409. The Morgan fingerprint density at radius 3 is 2.26 bits per heavy atom. The Morgan fingerprint density at radius 1 is 0.963 bits per heavy atom. The van der Waals surface area contributed by atoms with Gasteiger partial charge in [0.2, 0.25) is 5.91 Å². The quantitative estimate of drug-likeness (QED) is 0.853. The predicted octanol–water partition coefficient (Wildman–Crippen LogP) is 2.80. The van der Waals surface area contributed by atoms with Gasteiger partial charge in [-0.2, -0.15) is 0 Å². The average molecular weight is 367 g/mol. The van der Waals surface area contributed by atoms with Crippen molar-refractivity contribution in [2.75, 3.05) is 44.2 Å². The van der Waals surface area contributed by atoms with Crippen LogP contribution in [0.1, 0.15) is 18.4 Å². The van der Waals surface area contributed by atoms with Crippen LogP contribution >= 0.6 is 0 Å². The third-order valence-corrected chi connectivity index (χ3v) is 5.79. The maximum atomic E-state index is 13.1. The van der Waals surface area contributed by atoms with Crippen LogP contribution in [0.3, 0.4) is 0 Å². The van der Waals surface area contributed by atoms with Crippen molar-refractivity contribution in [1.82, 2.24) is 10.2 Å². The number of nitrogens with one attached hydrogen (secondary N) is 1. The van der Waals surface area contributed by atoms with Gasteiger partial charge in [-0.3, -0.25) is 9.69 Å². The topological polar surface area (TPSA) is 35.6 Å². The van der Waals surface area contributed by atoms with Crippen LogP contribution in [0.2, 0.25) is 0 Å². The third kappa shape index (κ3) is 3.98. The second-order valence-electron chi connectivity index (χ2n) is 7.51. The summed E-state index contributed by atoms with van der Waals surface area (Å²) in [6, 6.07) is 16.9. The first kappa shape index (κ1) is 18.0. The molecule has 2 aromatic rings. The number of carbonyl (C=O) groups excluding carboxylic acids is 1. The Labute approximate surface area is 160 Å². The highest BCUT2D eigenvalue weighted by molar-refractivity contribution is 5.91. The maximum absolute atomic E-state index is 13.1. The molecule has 2 aliphatic rings. The zero-order valence-electron chi connectivity index (χ0n) is 15.5. The molecule has 4 nitrogen and oxygen atoms in total. The Hall–Kier alpha value is -2.40. The Balaban J connectivity index is 1.23. The molecule has 1 aliphatic carbocycles. The minimum atomic E-state index is -0.431. The molecule has 0 bridgehead atoms. The monoisotopic (exact) mass is 367 g/mol. The van der Waals surface area contributed by atoms with Crippen LogP contribution in [-0.4, -0.2) is 50.1 Å². The van der Waals surface area contributed by atoms with E-state index in [0.717, 1.165) is 51.1 Å². The first-order valence-corrected chi connectivity index (χ1v) is 9.74. The van der Waals surface area contributed by atoms with Crippen molar-refractivity contribution in [2.24, 2.45) is 0 Å². The number of piperazine rings is 1. The fourth-order valence-corrected chi connectivity index (χ4v) is 3.91. The summed E-state index contributed by atoms with van der Waals surface area (Å²) in [7, 11) is 0. The van der Waals surface area contributed by atoms with Crippen LogP contribution in [0.4, 0.5) is 10.1 Å². The third-order valence-electron chi connectivity index (χ3n) is 5.79. The smallest absolute Gasteiger partial charge is 0.230 e. The molecule has 1 amide bonds. The van der Waals surface area contributed by atoms with Crippen LogP contribution < -0.4 is 10.2 Å². The summed E-state index contributed by atoms with van der Waals surface area (Å²) in [6.07, 6.45) is 1.69. The zero-order chi connectivity index (χ0) is 18.7. The molecule has 1 heterocycles. The van der Waals surface area contributed by atoms with E-state index in [-0.39, 0.29) is 11.7 Å². The van der Waals surface area contributed by atoms with Crippen molar-refractivity contribution in [3.63, 3.8) is 0 Å². The number of carbonyl (C=O) groups is 1. The Morgan fingerprint density at radius 2 is 1.63 bits per heavy atom.